The van der Waals surface area contributed by atoms with E-state index in [1.165, 1.54) is 0 Å². The average Bonchev–Trinajstić information content (AvgIpc) is 3.30. The zero-order valence-electron chi connectivity index (χ0n) is 23.5. The number of carbonyl (C=O) groups excluding carboxylic acids is 4. The minimum Gasteiger partial charge on any atom is -0.293 e. The topological polar surface area (TPSA) is 84.4 Å². The number of fused-ring (bicyclic) bond motifs is 3. The van der Waals surface area contributed by atoms with Crippen LogP contribution >= 0.6 is 0 Å². The van der Waals surface area contributed by atoms with Gasteiger partial charge in [0.15, 0.2) is 11.6 Å². The van der Waals surface area contributed by atoms with Crippen LogP contribution in [0, 0.1) is 0 Å². The smallest absolute Gasteiger partial charge is 0.266 e. The van der Waals surface area contributed by atoms with Gasteiger partial charge < -0.3 is 0 Å². The predicted molar refractivity (Wildman–Crippen MR) is 155 cm³/mol. The summed E-state index contributed by atoms with van der Waals surface area (Å²) >= 11 is 0. The van der Waals surface area contributed by atoms with Gasteiger partial charge in [0, 0.05) is 16.5 Å². The van der Waals surface area contributed by atoms with Crippen molar-refractivity contribution < 1.29 is 19.2 Å². The summed E-state index contributed by atoms with van der Waals surface area (Å²) in [7, 11) is 0. The first-order valence-electron chi connectivity index (χ1n) is 13.4. The van der Waals surface area contributed by atoms with E-state index >= 15 is 0 Å². The lowest BCUT2D eigenvalue weighted by Crippen LogP contribution is -2.29. The molecule has 6 heteroatoms. The number of ketones is 2. The quantitative estimate of drug-likeness (QED) is 0.210. The third-order valence-corrected chi connectivity index (χ3v) is 7.95. The minimum atomic E-state index is -1.07. The number of pyridine rings is 1. The van der Waals surface area contributed by atoms with Crippen LogP contribution in [0.5, 0.6) is 0 Å². The molecular weight excluding hydrogens is 500 g/mol. The van der Waals surface area contributed by atoms with Gasteiger partial charge in [0.25, 0.3) is 11.8 Å². The molecular formula is C34H30N2O4. The lowest BCUT2D eigenvalue weighted by Gasteiger charge is -2.19. The fourth-order valence-corrected chi connectivity index (χ4v) is 5.54. The SMILES string of the molecule is CC(C)(C)c1ccc2c(c1)C(=O)C(c1ccc3cccc(N4C(=O)c5ccc(C(C)(C)C)cc5C4=O)c3n1)C2=O. The number of carbonyl (C=O) groups is 4. The molecule has 2 aliphatic rings. The van der Waals surface area contributed by atoms with Gasteiger partial charge in [0.1, 0.15) is 5.92 Å². The molecule has 0 radical (unpaired) electrons. The van der Waals surface area contributed by atoms with Crippen molar-refractivity contribution in [1.29, 1.82) is 0 Å². The van der Waals surface area contributed by atoms with Gasteiger partial charge in [-0.2, -0.15) is 0 Å². The number of para-hydroxylation sites is 1. The van der Waals surface area contributed by atoms with Crippen LogP contribution in [-0.4, -0.2) is 28.4 Å². The number of benzene rings is 3. The first-order valence-corrected chi connectivity index (χ1v) is 13.4. The molecule has 6 rings (SSSR count). The van der Waals surface area contributed by atoms with Gasteiger partial charge in [0.05, 0.1) is 28.0 Å². The molecule has 1 aliphatic heterocycles. The van der Waals surface area contributed by atoms with Crippen molar-refractivity contribution in [2.24, 2.45) is 0 Å². The van der Waals surface area contributed by atoms with Crippen molar-refractivity contribution in [3.8, 4) is 0 Å². The van der Waals surface area contributed by atoms with Crippen LogP contribution in [0.15, 0.2) is 66.7 Å². The Morgan fingerprint density at radius 3 is 1.85 bits per heavy atom. The van der Waals surface area contributed by atoms with Gasteiger partial charge in [-0.1, -0.05) is 77.9 Å². The fourth-order valence-electron chi connectivity index (χ4n) is 5.54. The Hall–Kier alpha value is -4.45. The van der Waals surface area contributed by atoms with E-state index in [0.29, 0.717) is 44.5 Å². The van der Waals surface area contributed by atoms with Crippen molar-refractivity contribution in [2.45, 2.75) is 58.3 Å². The predicted octanol–water partition coefficient (Wildman–Crippen LogP) is 6.79. The molecule has 200 valence electrons. The van der Waals surface area contributed by atoms with Crippen LogP contribution in [0.4, 0.5) is 5.69 Å². The molecule has 0 saturated heterocycles. The Morgan fingerprint density at radius 2 is 1.20 bits per heavy atom. The van der Waals surface area contributed by atoms with E-state index in [1.807, 2.05) is 24.3 Å². The summed E-state index contributed by atoms with van der Waals surface area (Å²) < 4.78 is 0. The third-order valence-electron chi connectivity index (χ3n) is 7.95. The van der Waals surface area contributed by atoms with Crippen molar-refractivity contribution in [2.75, 3.05) is 4.90 Å². The average molecular weight is 531 g/mol. The lowest BCUT2D eigenvalue weighted by atomic mass is 9.85. The van der Waals surface area contributed by atoms with Crippen LogP contribution in [0.1, 0.15) is 106 Å². The molecule has 1 atom stereocenters. The Morgan fingerprint density at radius 1 is 0.625 bits per heavy atom. The van der Waals surface area contributed by atoms with Gasteiger partial charge in [-0.05, 0) is 52.3 Å². The summed E-state index contributed by atoms with van der Waals surface area (Å²) in [6.45, 7) is 12.3. The molecule has 1 aliphatic carbocycles. The molecule has 1 unspecified atom stereocenters. The molecule has 40 heavy (non-hydrogen) atoms. The Labute approximate surface area is 233 Å². The maximum absolute atomic E-state index is 13.6. The van der Waals surface area contributed by atoms with Gasteiger partial charge in [-0.3, -0.25) is 19.2 Å². The van der Waals surface area contributed by atoms with E-state index in [4.69, 9.17) is 4.98 Å². The Kier molecular flexibility index (Phi) is 5.50. The molecule has 2 heterocycles. The molecule has 0 bridgehead atoms. The monoisotopic (exact) mass is 530 g/mol. The van der Waals surface area contributed by atoms with E-state index in [2.05, 4.69) is 41.5 Å². The standard InChI is InChI=1S/C34H30N2O4/c1-33(2,3)19-11-13-21-23(16-19)30(38)27(29(21)37)25-15-10-18-8-7-9-26(28(18)35-25)36-31(39)22-14-12-20(34(4,5)6)17-24(22)32(36)40/h7-17,27H,1-6H3. The highest BCUT2D eigenvalue weighted by Gasteiger charge is 2.42. The molecule has 6 nitrogen and oxygen atoms in total. The highest BCUT2D eigenvalue weighted by molar-refractivity contribution is 6.36. The summed E-state index contributed by atoms with van der Waals surface area (Å²) in [4.78, 5) is 60.0. The van der Waals surface area contributed by atoms with E-state index in [-0.39, 0.29) is 22.4 Å². The first-order chi connectivity index (χ1) is 18.8. The number of imide groups is 1. The first kappa shape index (κ1) is 25.8. The lowest BCUT2D eigenvalue weighted by molar-refractivity contribution is 0.0882. The van der Waals surface area contributed by atoms with Crippen LogP contribution in [0.2, 0.25) is 0 Å². The maximum Gasteiger partial charge on any atom is 0.266 e. The van der Waals surface area contributed by atoms with Crippen LogP contribution in [-0.2, 0) is 10.8 Å². The van der Waals surface area contributed by atoms with Gasteiger partial charge in [-0.25, -0.2) is 9.88 Å². The number of Topliss-reactive ketones (excluding diaryl/α,β-unsaturated/α-hetero) is 2. The van der Waals surface area contributed by atoms with Crippen molar-refractivity contribution in [3.63, 3.8) is 0 Å². The summed E-state index contributed by atoms with van der Waals surface area (Å²) in [6, 6.07) is 19.5. The number of nitrogens with zero attached hydrogens (tertiary/aromatic N) is 2. The molecule has 4 aromatic rings. The van der Waals surface area contributed by atoms with Gasteiger partial charge in [-0.15, -0.1) is 0 Å². The minimum absolute atomic E-state index is 0.174. The van der Waals surface area contributed by atoms with E-state index in [1.54, 1.807) is 42.5 Å². The largest absolute Gasteiger partial charge is 0.293 e. The number of rotatable bonds is 2. The molecule has 0 fully saturated rings. The molecule has 3 aromatic carbocycles. The Bertz CT molecular complexity index is 1800. The molecule has 0 N–H and O–H groups in total. The number of anilines is 1. The van der Waals surface area contributed by atoms with Crippen molar-refractivity contribution >= 4 is 40.0 Å². The van der Waals surface area contributed by atoms with Gasteiger partial charge in [0.2, 0.25) is 0 Å². The highest BCUT2D eigenvalue weighted by atomic mass is 16.2. The van der Waals surface area contributed by atoms with E-state index in [9.17, 15) is 19.2 Å². The second-order valence-electron chi connectivity index (χ2n) is 12.7. The van der Waals surface area contributed by atoms with Gasteiger partial charge >= 0.3 is 0 Å². The number of aromatic nitrogens is 1. The summed E-state index contributed by atoms with van der Waals surface area (Å²) in [5, 5.41) is 0.693. The normalized spacial score (nSPS) is 17.1. The Balaban J connectivity index is 1.43. The zero-order chi connectivity index (χ0) is 28.7. The van der Waals surface area contributed by atoms with E-state index < -0.39 is 17.7 Å². The van der Waals surface area contributed by atoms with Crippen LogP contribution in [0.3, 0.4) is 0 Å². The summed E-state index contributed by atoms with van der Waals surface area (Å²) in [5.74, 6) is -2.48. The molecule has 0 spiro atoms. The maximum atomic E-state index is 13.6. The second kappa shape index (κ2) is 8.52. The highest BCUT2D eigenvalue weighted by Crippen LogP contribution is 2.39. The summed E-state index contributed by atoms with van der Waals surface area (Å²) in [5.41, 5.74) is 4.10. The molecule has 1 aromatic heterocycles. The summed E-state index contributed by atoms with van der Waals surface area (Å²) in [6.07, 6.45) is 0. The zero-order valence-corrected chi connectivity index (χ0v) is 23.5. The number of hydrogen-bond acceptors (Lipinski definition) is 5. The number of hydrogen-bond donors (Lipinski definition) is 0. The second-order valence-corrected chi connectivity index (χ2v) is 12.7. The van der Waals surface area contributed by atoms with Crippen molar-refractivity contribution in [3.05, 3.63) is 106 Å². The third kappa shape index (κ3) is 3.81. The fraction of sp³-hybridized carbons (Fsp3) is 0.265. The van der Waals surface area contributed by atoms with Crippen LogP contribution in [0.25, 0.3) is 10.9 Å². The molecule has 2 amide bonds. The number of amides is 2. The van der Waals surface area contributed by atoms with E-state index in [0.717, 1.165) is 16.0 Å². The molecule has 0 saturated carbocycles. The van der Waals surface area contributed by atoms with Crippen LogP contribution < -0.4 is 4.90 Å². The van der Waals surface area contributed by atoms with Crippen molar-refractivity contribution in [1.82, 2.24) is 4.98 Å².